The van der Waals surface area contributed by atoms with Crippen LogP contribution in [0.15, 0.2) is 31.9 Å². The number of fused-ring (bicyclic) bond motifs is 1. The Morgan fingerprint density at radius 1 is 1.24 bits per heavy atom. The molecule has 152 valence electrons. The summed E-state index contributed by atoms with van der Waals surface area (Å²) in [6, 6.07) is 5.35. The molecule has 2 aliphatic heterocycles. The third-order valence-corrected chi connectivity index (χ3v) is 5.58. The minimum Gasteiger partial charge on any atom is -0.453 e. The Bertz CT molecular complexity index is 1100. The number of methoxy groups -OCH3 is 1. The van der Waals surface area contributed by atoms with E-state index in [0.717, 1.165) is 18.4 Å². The molecule has 2 aromatic heterocycles. The minimum atomic E-state index is -0.394. The molecule has 10 heteroatoms. The number of carbonyl (C=O) groups excluding carboxylic acids is 1. The Kier molecular flexibility index (Phi) is 4.35. The number of nitrogens with zero attached hydrogens (tertiary/aromatic N) is 4. The van der Waals surface area contributed by atoms with Crippen molar-refractivity contribution in [2.75, 3.05) is 33.4 Å². The summed E-state index contributed by atoms with van der Waals surface area (Å²) in [5.41, 5.74) is 1.92. The summed E-state index contributed by atoms with van der Waals surface area (Å²) >= 11 is 0. The van der Waals surface area contributed by atoms with Crippen LogP contribution in [0.2, 0.25) is 0 Å². The highest BCUT2D eigenvalue weighted by Gasteiger charge is 2.28. The molecular weight excluding hydrogens is 380 g/mol. The summed E-state index contributed by atoms with van der Waals surface area (Å²) in [6.45, 7) is 2.18. The van der Waals surface area contributed by atoms with Crippen molar-refractivity contribution < 1.29 is 23.2 Å². The zero-order chi connectivity index (χ0) is 20.0. The van der Waals surface area contributed by atoms with Gasteiger partial charge in [0.2, 0.25) is 0 Å². The molecule has 1 aromatic carbocycles. The van der Waals surface area contributed by atoms with Gasteiger partial charge in [-0.25, -0.2) is 9.59 Å². The lowest BCUT2D eigenvalue weighted by Crippen LogP contribution is -2.37. The molecule has 3 aromatic rings. The topological polar surface area (TPSA) is 113 Å². The van der Waals surface area contributed by atoms with Gasteiger partial charge in [0.1, 0.15) is 0 Å². The van der Waals surface area contributed by atoms with Crippen molar-refractivity contribution in [1.29, 1.82) is 0 Å². The number of amides is 1. The van der Waals surface area contributed by atoms with Gasteiger partial charge in [-0.15, -0.1) is 0 Å². The van der Waals surface area contributed by atoms with Gasteiger partial charge in [0, 0.05) is 24.6 Å². The van der Waals surface area contributed by atoms with E-state index in [1.165, 1.54) is 7.11 Å². The van der Waals surface area contributed by atoms with Gasteiger partial charge in [-0.1, -0.05) is 5.16 Å². The molecule has 29 heavy (non-hydrogen) atoms. The summed E-state index contributed by atoms with van der Waals surface area (Å²) in [4.78, 5) is 30.0. The van der Waals surface area contributed by atoms with Crippen LogP contribution < -0.4 is 5.76 Å². The summed E-state index contributed by atoms with van der Waals surface area (Å²) in [7, 11) is 1.38. The van der Waals surface area contributed by atoms with Gasteiger partial charge >= 0.3 is 11.8 Å². The molecule has 2 saturated heterocycles. The molecule has 0 saturated carbocycles. The van der Waals surface area contributed by atoms with Crippen molar-refractivity contribution in [3.05, 3.63) is 34.6 Å². The smallest absolute Gasteiger partial charge is 0.420 e. The van der Waals surface area contributed by atoms with Crippen LogP contribution in [0.3, 0.4) is 0 Å². The number of oxazole rings is 1. The predicted octanol–water partition coefficient (Wildman–Crippen LogP) is 2.16. The number of rotatable bonds is 3. The highest BCUT2D eigenvalue weighted by Crippen LogP contribution is 2.30. The number of likely N-dealkylation sites (tertiary alicyclic amines) is 1. The van der Waals surface area contributed by atoms with Gasteiger partial charge in [0.25, 0.3) is 5.89 Å². The molecule has 0 radical (unpaired) electrons. The van der Waals surface area contributed by atoms with E-state index in [1.54, 1.807) is 21.6 Å². The largest absolute Gasteiger partial charge is 0.453 e. The van der Waals surface area contributed by atoms with Crippen LogP contribution in [-0.4, -0.2) is 59.1 Å². The van der Waals surface area contributed by atoms with Gasteiger partial charge in [-0.2, -0.15) is 4.98 Å². The fourth-order valence-electron chi connectivity index (χ4n) is 3.85. The normalized spacial score (nSPS) is 18.2. The Hall–Kier alpha value is -3.14. The number of carbonyl (C=O) groups is 1. The van der Waals surface area contributed by atoms with Crippen LogP contribution in [0.1, 0.15) is 30.6 Å². The van der Waals surface area contributed by atoms with Crippen LogP contribution in [0.4, 0.5) is 4.79 Å². The maximum atomic E-state index is 12.2. The van der Waals surface area contributed by atoms with Gasteiger partial charge in [-0.05, 0) is 31.0 Å². The van der Waals surface area contributed by atoms with Gasteiger partial charge < -0.3 is 23.3 Å². The molecule has 2 aliphatic rings. The molecule has 4 heterocycles. The van der Waals surface area contributed by atoms with Crippen LogP contribution >= 0.6 is 0 Å². The second kappa shape index (κ2) is 7.03. The van der Waals surface area contributed by atoms with Crippen molar-refractivity contribution in [2.45, 2.75) is 24.8 Å². The first-order valence-electron chi connectivity index (χ1n) is 9.53. The van der Waals surface area contributed by atoms with Crippen molar-refractivity contribution in [2.24, 2.45) is 0 Å². The van der Waals surface area contributed by atoms with Crippen molar-refractivity contribution in [3.63, 3.8) is 0 Å². The van der Waals surface area contributed by atoms with Crippen LogP contribution in [0.25, 0.3) is 22.6 Å². The Morgan fingerprint density at radius 2 is 2.03 bits per heavy atom. The lowest BCUT2D eigenvalue weighted by Gasteiger charge is -2.29. The lowest BCUT2D eigenvalue weighted by molar-refractivity contribution is -0.0242. The van der Waals surface area contributed by atoms with Gasteiger partial charge in [0.15, 0.2) is 11.4 Å². The number of piperidine rings is 1. The summed E-state index contributed by atoms with van der Waals surface area (Å²) < 4.78 is 22.4. The SMILES string of the molecule is COC(=O)N1CCC(c2noc(-c3ccc4oc(=O)n(C5COC5)c4c3)n2)CC1. The van der Waals surface area contributed by atoms with E-state index < -0.39 is 5.76 Å². The third-order valence-electron chi connectivity index (χ3n) is 5.58. The highest BCUT2D eigenvalue weighted by molar-refractivity contribution is 5.78. The second-order valence-corrected chi connectivity index (χ2v) is 7.30. The summed E-state index contributed by atoms with van der Waals surface area (Å²) in [5.74, 6) is 0.745. The standard InChI is InChI=1S/C19H20N4O6/c1-26-18(24)22-6-4-11(5-7-22)16-20-17(29-21-16)12-2-3-15-14(8-12)23(19(25)28-15)13-9-27-10-13/h2-3,8,11,13H,4-7,9-10H2,1H3. The predicted molar refractivity (Wildman–Crippen MR) is 99.6 cm³/mol. The summed E-state index contributed by atoms with van der Waals surface area (Å²) in [6.07, 6.45) is 1.18. The molecule has 0 N–H and O–H groups in total. The van der Waals surface area contributed by atoms with Crippen LogP contribution in [0, 0.1) is 0 Å². The Morgan fingerprint density at radius 3 is 2.72 bits per heavy atom. The third kappa shape index (κ3) is 3.09. The monoisotopic (exact) mass is 400 g/mol. The molecule has 0 bridgehead atoms. The first-order chi connectivity index (χ1) is 14.1. The van der Waals surface area contributed by atoms with Gasteiger partial charge in [0.05, 0.1) is 31.9 Å². The minimum absolute atomic E-state index is 0.0164. The fraction of sp³-hybridized carbons (Fsp3) is 0.474. The average Bonchev–Trinajstić information content (AvgIpc) is 3.31. The van der Waals surface area contributed by atoms with Crippen LogP contribution in [-0.2, 0) is 9.47 Å². The van der Waals surface area contributed by atoms with E-state index >= 15 is 0 Å². The number of hydrogen-bond donors (Lipinski definition) is 0. The first kappa shape index (κ1) is 17.9. The quantitative estimate of drug-likeness (QED) is 0.657. The van der Waals surface area contributed by atoms with Gasteiger partial charge in [-0.3, -0.25) is 4.57 Å². The van der Waals surface area contributed by atoms with E-state index in [0.29, 0.717) is 49.1 Å². The number of hydrogen-bond acceptors (Lipinski definition) is 8. The molecule has 0 unspecified atom stereocenters. The van der Waals surface area contributed by atoms with Crippen molar-refractivity contribution in [3.8, 4) is 11.5 Å². The zero-order valence-corrected chi connectivity index (χ0v) is 15.9. The molecule has 0 spiro atoms. The van der Waals surface area contributed by atoms with E-state index in [2.05, 4.69) is 10.1 Å². The fourth-order valence-corrected chi connectivity index (χ4v) is 3.85. The molecule has 2 fully saturated rings. The highest BCUT2D eigenvalue weighted by atomic mass is 16.5. The molecule has 0 aliphatic carbocycles. The number of aromatic nitrogens is 3. The maximum absolute atomic E-state index is 12.2. The van der Waals surface area contributed by atoms with E-state index in [1.807, 2.05) is 6.07 Å². The Balaban J connectivity index is 1.38. The van der Waals surface area contributed by atoms with E-state index in [4.69, 9.17) is 18.4 Å². The number of benzene rings is 1. The second-order valence-electron chi connectivity index (χ2n) is 7.30. The van der Waals surface area contributed by atoms with Crippen molar-refractivity contribution in [1.82, 2.24) is 19.6 Å². The van der Waals surface area contributed by atoms with E-state index in [9.17, 15) is 9.59 Å². The van der Waals surface area contributed by atoms with Crippen molar-refractivity contribution >= 4 is 17.2 Å². The molecular formula is C19H20N4O6. The molecule has 10 nitrogen and oxygen atoms in total. The van der Waals surface area contributed by atoms with E-state index in [-0.39, 0.29) is 18.1 Å². The number of ether oxygens (including phenoxy) is 2. The summed E-state index contributed by atoms with van der Waals surface area (Å²) in [5, 5.41) is 4.14. The molecule has 0 atom stereocenters. The lowest BCUT2D eigenvalue weighted by atomic mass is 9.96. The molecule has 1 amide bonds. The molecule has 5 rings (SSSR count). The first-order valence-corrected chi connectivity index (χ1v) is 9.53. The van der Waals surface area contributed by atoms with Crippen LogP contribution in [0.5, 0.6) is 0 Å². The average molecular weight is 400 g/mol. The Labute approximate surface area is 165 Å². The zero-order valence-electron chi connectivity index (χ0n) is 15.9. The maximum Gasteiger partial charge on any atom is 0.420 e.